The molecule has 0 unspecified atom stereocenters. The smallest absolute Gasteiger partial charge is 0.243 e. The summed E-state index contributed by atoms with van der Waals surface area (Å²) < 4.78 is 26.3. The average Bonchev–Trinajstić information content (AvgIpc) is 2.62. The van der Waals surface area contributed by atoms with Gasteiger partial charge in [-0.15, -0.1) is 0 Å². The van der Waals surface area contributed by atoms with Crippen molar-refractivity contribution >= 4 is 15.9 Å². The van der Waals surface area contributed by atoms with Gasteiger partial charge in [-0.05, 0) is 56.0 Å². The molecule has 1 atom stereocenters. The first kappa shape index (κ1) is 21.1. The van der Waals surface area contributed by atoms with E-state index in [9.17, 15) is 13.2 Å². The van der Waals surface area contributed by atoms with Crippen molar-refractivity contribution < 1.29 is 13.2 Å². The van der Waals surface area contributed by atoms with Crippen LogP contribution in [0.1, 0.15) is 41.6 Å². The van der Waals surface area contributed by atoms with E-state index in [1.807, 2.05) is 39.8 Å². The number of hydrogen-bond donors (Lipinski definition) is 1. The molecule has 0 saturated heterocycles. The normalized spacial score (nSPS) is 12.8. The Morgan fingerprint density at radius 3 is 2.22 bits per heavy atom. The summed E-state index contributed by atoms with van der Waals surface area (Å²) in [6, 6.07) is 12.6. The fourth-order valence-electron chi connectivity index (χ4n) is 2.82. The molecule has 0 aliphatic heterocycles. The molecule has 2 rings (SSSR count). The molecule has 0 spiro atoms. The van der Waals surface area contributed by atoms with Crippen LogP contribution in [0.15, 0.2) is 47.4 Å². The van der Waals surface area contributed by atoms with Crippen molar-refractivity contribution in [2.24, 2.45) is 0 Å². The number of carbonyl (C=O) groups is 1. The highest BCUT2D eigenvalue weighted by molar-refractivity contribution is 7.89. The van der Waals surface area contributed by atoms with Crippen molar-refractivity contribution in [2.75, 3.05) is 13.6 Å². The SMILES string of the molecule is CC[C@H](NC(=O)CN(C)S(=O)(=O)c1ccc(C)cc1)c1ccc(C)c(C)c1. The average molecular weight is 389 g/mol. The first-order valence-corrected chi connectivity index (χ1v) is 10.5. The lowest BCUT2D eigenvalue weighted by atomic mass is 9.99. The lowest BCUT2D eigenvalue weighted by Gasteiger charge is -2.21. The molecule has 0 aromatic heterocycles. The molecule has 5 nitrogen and oxygen atoms in total. The standard InChI is InChI=1S/C21H28N2O3S/c1-6-20(18-10-9-16(3)17(4)13-18)22-21(24)14-23(5)27(25,26)19-11-7-15(2)8-12-19/h7-13,20H,6,14H2,1-5H3,(H,22,24)/t20-/m0/s1. The summed E-state index contributed by atoms with van der Waals surface area (Å²) in [4.78, 5) is 12.6. The van der Waals surface area contributed by atoms with Gasteiger partial charge in [-0.25, -0.2) is 8.42 Å². The van der Waals surface area contributed by atoms with Crippen molar-refractivity contribution in [2.45, 2.75) is 45.1 Å². The molecule has 146 valence electrons. The number of hydrogen-bond acceptors (Lipinski definition) is 3. The highest BCUT2D eigenvalue weighted by Gasteiger charge is 2.24. The third-order valence-corrected chi connectivity index (χ3v) is 6.59. The summed E-state index contributed by atoms with van der Waals surface area (Å²) in [5.41, 5.74) is 4.37. The maximum absolute atomic E-state index is 12.6. The minimum Gasteiger partial charge on any atom is -0.348 e. The van der Waals surface area contributed by atoms with E-state index in [1.54, 1.807) is 24.3 Å². The van der Waals surface area contributed by atoms with Gasteiger partial charge < -0.3 is 5.32 Å². The van der Waals surface area contributed by atoms with Gasteiger partial charge in [0.2, 0.25) is 15.9 Å². The molecular weight excluding hydrogens is 360 g/mol. The molecule has 0 saturated carbocycles. The topological polar surface area (TPSA) is 66.5 Å². The van der Waals surface area contributed by atoms with Crippen molar-refractivity contribution in [1.29, 1.82) is 0 Å². The molecule has 0 radical (unpaired) electrons. The highest BCUT2D eigenvalue weighted by Crippen LogP contribution is 2.20. The molecule has 2 aromatic rings. The molecular formula is C21H28N2O3S. The van der Waals surface area contributed by atoms with Gasteiger partial charge in [-0.1, -0.05) is 42.8 Å². The van der Waals surface area contributed by atoms with E-state index in [0.717, 1.165) is 21.9 Å². The van der Waals surface area contributed by atoms with E-state index >= 15 is 0 Å². The molecule has 1 amide bonds. The Morgan fingerprint density at radius 2 is 1.67 bits per heavy atom. The number of amides is 1. The van der Waals surface area contributed by atoms with Crippen LogP contribution in [0.25, 0.3) is 0 Å². The van der Waals surface area contributed by atoms with Gasteiger partial charge in [-0.3, -0.25) is 4.79 Å². The molecule has 6 heteroatoms. The number of sulfonamides is 1. The third kappa shape index (κ3) is 5.17. The van der Waals surface area contributed by atoms with Gasteiger partial charge in [0.1, 0.15) is 0 Å². The Balaban J connectivity index is 2.08. The summed E-state index contributed by atoms with van der Waals surface area (Å²) >= 11 is 0. The Bertz CT molecular complexity index is 906. The van der Waals surface area contributed by atoms with Crippen LogP contribution in [0.3, 0.4) is 0 Å². The Morgan fingerprint density at radius 1 is 1.04 bits per heavy atom. The molecule has 0 fully saturated rings. The molecule has 0 aliphatic rings. The van der Waals surface area contributed by atoms with Crippen LogP contribution in [-0.4, -0.2) is 32.2 Å². The zero-order chi connectivity index (χ0) is 20.2. The van der Waals surface area contributed by atoms with E-state index in [2.05, 4.69) is 11.4 Å². The first-order chi connectivity index (χ1) is 12.6. The van der Waals surface area contributed by atoms with E-state index in [1.165, 1.54) is 18.2 Å². The van der Waals surface area contributed by atoms with Gasteiger partial charge in [0.05, 0.1) is 17.5 Å². The number of nitrogens with zero attached hydrogens (tertiary/aromatic N) is 1. The number of likely N-dealkylation sites (N-methyl/N-ethyl adjacent to an activating group) is 1. The number of benzene rings is 2. The van der Waals surface area contributed by atoms with E-state index in [0.29, 0.717) is 0 Å². The van der Waals surface area contributed by atoms with Crippen molar-refractivity contribution in [1.82, 2.24) is 9.62 Å². The van der Waals surface area contributed by atoms with Crippen molar-refractivity contribution in [3.63, 3.8) is 0 Å². The van der Waals surface area contributed by atoms with Gasteiger partial charge in [-0.2, -0.15) is 4.31 Å². The summed E-state index contributed by atoms with van der Waals surface area (Å²) in [7, 11) is -2.28. The first-order valence-electron chi connectivity index (χ1n) is 9.04. The maximum Gasteiger partial charge on any atom is 0.243 e. The molecule has 2 aromatic carbocycles. The Kier molecular flexibility index (Phi) is 6.78. The van der Waals surface area contributed by atoms with Gasteiger partial charge in [0, 0.05) is 7.05 Å². The summed E-state index contributed by atoms with van der Waals surface area (Å²) in [5, 5.41) is 2.95. The van der Waals surface area contributed by atoms with Gasteiger partial charge >= 0.3 is 0 Å². The monoisotopic (exact) mass is 388 g/mol. The summed E-state index contributed by atoms with van der Waals surface area (Å²) in [6.07, 6.45) is 0.725. The molecule has 0 aliphatic carbocycles. The fraction of sp³-hybridized carbons (Fsp3) is 0.381. The van der Waals surface area contributed by atoms with Gasteiger partial charge in [0.15, 0.2) is 0 Å². The van der Waals surface area contributed by atoms with Crippen LogP contribution >= 0.6 is 0 Å². The Hall–Kier alpha value is -2.18. The van der Waals surface area contributed by atoms with E-state index < -0.39 is 10.0 Å². The molecule has 1 N–H and O–H groups in total. The van der Waals surface area contributed by atoms with E-state index in [-0.39, 0.29) is 23.4 Å². The quantitative estimate of drug-likeness (QED) is 0.789. The summed E-state index contributed by atoms with van der Waals surface area (Å²) in [6.45, 7) is 7.74. The van der Waals surface area contributed by atoms with Crippen LogP contribution in [0.5, 0.6) is 0 Å². The van der Waals surface area contributed by atoms with Crippen LogP contribution in [-0.2, 0) is 14.8 Å². The number of nitrogens with one attached hydrogen (secondary N) is 1. The highest BCUT2D eigenvalue weighted by atomic mass is 32.2. The molecule has 0 bridgehead atoms. The molecule has 27 heavy (non-hydrogen) atoms. The van der Waals surface area contributed by atoms with Crippen LogP contribution in [0, 0.1) is 20.8 Å². The predicted molar refractivity (Wildman–Crippen MR) is 108 cm³/mol. The lowest BCUT2D eigenvalue weighted by molar-refractivity contribution is -0.121. The zero-order valence-electron chi connectivity index (χ0n) is 16.6. The zero-order valence-corrected chi connectivity index (χ0v) is 17.4. The van der Waals surface area contributed by atoms with E-state index in [4.69, 9.17) is 0 Å². The lowest BCUT2D eigenvalue weighted by Crippen LogP contribution is -2.39. The largest absolute Gasteiger partial charge is 0.348 e. The van der Waals surface area contributed by atoms with Crippen LogP contribution in [0.2, 0.25) is 0 Å². The van der Waals surface area contributed by atoms with Crippen LogP contribution < -0.4 is 5.32 Å². The Labute approximate surface area is 162 Å². The van der Waals surface area contributed by atoms with Gasteiger partial charge in [0.25, 0.3) is 0 Å². The third-order valence-electron chi connectivity index (χ3n) is 4.77. The minimum atomic E-state index is -3.70. The second-order valence-corrected chi connectivity index (χ2v) is 8.99. The fourth-order valence-corrected chi connectivity index (χ4v) is 3.95. The summed E-state index contributed by atoms with van der Waals surface area (Å²) in [5.74, 6) is -0.321. The number of rotatable bonds is 7. The predicted octanol–water partition coefficient (Wildman–Crippen LogP) is 3.50. The second-order valence-electron chi connectivity index (χ2n) is 6.95. The minimum absolute atomic E-state index is 0.146. The van der Waals surface area contributed by atoms with Crippen molar-refractivity contribution in [3.8, 4) is 0 Å². The molecule has 0 heterocycles. The second kappa shape index (κ2) is 8.67. The van der Waals surface area contributed by atoms with Crippen molar-refractivity contribution in [3.05, 3.63) is 64.7 Å². The van der Waals surface area contributed by atoms with Crippen LogP contribution in [0.4, 0.5) is 0 Å². The maximum atomic E-state index is 12.6. The number of aryl methyl sites for hydroxylation is 3. The number of carbonyl (C=O) groups excluding carboxylic acids is 1.